The van der Waals surface area contributed by atoms with E-state index in [9.17, 15) is 19.5 Å². The van der Waals surface area contributed by atoms with Gasteiger partial charge in [0.25, 0.3) is 0 Å². The van der Waals surface area contributed by atoms with Gasteiger partial charge in [-0.05, 0) is 31.2 Å². The van der Waals surface area contributed by atoms with Crippen LogP contribution in [-0.4, -0.2) is 50.8 Å². The largest absolute Gasteiger partial charge is 0.544 e. The number of hydrogen-bond donors (Lipinski definition) is 2. The third-order valence-electron chi connectivity index (χ3n) is 3.39. The van der Waals surface area contributed by atoms with Crippen molar-refractivity contribution in [1.82, 2.24) is 0 Å². The lowest BCUT2D eigenvalue weighted by Crippen LogP contribution is -2.93. The maximum absolute atomic E-state index is 12.0. The lowest BCUT2D eigenvalue weighted by molar-refractivity contribution is -0.682. The van der Waals surface area contributed by atoms with Gasteiger partial charge in [0.05, 0.1) is 37.7 Å². The fraction of sp³-hybridized carbons (Fsp3) is 0.471. The molecule has 3 N–H and O–H groups in total. The van der Waals surface area contributed by atoms with Crippen LogP contribution in [0.2, 0.25) is 0 Å². The van der Waals surface area contributed by atoms with Crippen molar-refractivity contribution in [2.24, 2.45) is 0 Å². The van der Waals surface area contributed by atoms with Gasteiger partial charge in [0.1, 0.15) is 6.04 Å². The van der Waals surface area contributed by atoms with Crippen LogP contribution in [-0.2, 0) is 19.1 Å². The number of hydrogen-bond acceptors (Lipinski definition) is 6. The first kappa shape index (κ1) is 20.6. The molecule has 0 saturated heterocycles. The van der Waals surface area contributed by atoms with E-state index in [1.165, 1.54) is 12.1 Å². The van der Waals surface area contributed by atoms with Gasteiger partial charge in [0, 0.05) is 19.2 Å². The first-order chi connectivity index (χ1) is 12.0. The summed E-state index contributed by atoms with van der Waals surface area (Å²) in [5.74, 6) is -2.17. The Morgan fingerprint density at radius 3 is 2.48 bits per heavy atom. The van der Waals surface area contributed by atoms with E-state index in [0.29, 0.717) is 30.8 Å². The van der Waals surface area contributed by atoms with E-state index < -0.39 is 23.9 Å². The summed E-state index contributed by atoms with van der Waals surface area (Å²) < 4.78 is 9.76. The van der Waals surface area contributed by atoms with E-state index in [-0.39, 0.29) is 13.0 Å². The van der Waals surface area contributed by atoms with Crippen molar-refractivity contribution in [2.75, 3.05) is 32.2 Å². The summed E-state index contributed by atoms with van der Waals surface area (Å²) in [5.41, 5.74) is 0.841. The van der Waals surface area contributed by atoms with Gasteiger partial charge in [-0.25, -0.2) is 4.79 Å². The molecule has 0 aliphatic carbocycles. The monoisotopic (exact) mass is 352 g/mol. The molecule has 0 heterocycles. The van der Waals surface area contributed by atoms with E-state index in [4.69, 9.17) is 9.47 Å². The number of nitrogens with two attached hydrogens (primary N) is 1. The van der Waals surface area contributed by atoms with E-state index in [0.717, 1.165) is 0 Å². The molecular formula is C17H24N2O6. The van der Waals surface area contributed by atoms with Gasteiger partial charge in [0.15, 0.2) is 0 Å². The summed E-state index contributed by atoms with van der Waals surface area (Å²) in [6.45, 7) is 3.04. The molecule has 0 aliphatic heterocycles. The highest BCUT2D eigenvalue weighted by molar-refractivity contribution is 5.94. The zero-order valence-electron chi connectivity index (χ0n) is 14.4. The molecule has 0 saturated carbocycles. The average molecular weight is 352 g/mol. The second-order valence-electron chi connectivity index (χ2n) is 5.35. The quantitative estimate of drug-likeness (QED) is 0.386. The zero-order chi connectivity index (χ0) is 18.7. The Morgan fingerprint density at radius 2 is 1.92 bits per heavy atom. The Balaban J connectivity index is 2.53. The van der Waals surface area contributed by atoms with Gasteiger partial charge in [-0.15, -0.1) is 0 Å². The summed E-state index contributed by atoms with van der Waals surface area (Å²) in [6.07, 6.45) is 0.464. The molecule has 1 aromatic rings. The number of carbonyl (C=O) groups excluding carboxylic acids is 3. The number of quaternary nitrogens is 1. The van der Waals surface area contributed by atoms with Crippen LogP contribution in [0.1, 0.15) is 30.1 Å². The Bertz CT molecular complexity index is 573. The van der Waals surface area contributed by atoms with E-state index in [1.54, 1.807) is 31.5 Å². The molecule has 25 heavy (non-hydrogen) atoms. The van der Waals surface area contributed by atoms with Crippen LogP contribution in [0.3, 0.4) is 0 Å². The van der Waals surface area contributed by atoms with Crippen LogP contribution in [0.5, 0.6) is 0 Å². The van der Waals surface area contributed by atoms with Crippen LogP contribution in [0, 0.1) is 0 Å². The number of benzene rings is 1. The molecule has 8 nitrogen and oxygen atoms in total. The molecule has 138 valence electrons. The highest BCUT2D eigenvalue weighted by atomic mass is 16.5. The topological polar surface area (TPSA) is 121 Å². The minimum Gasteiger partial charge on any atom is -0.544 e. The Labute approximate surface area is 146 Å². The highest BCUT2D eigenvalue weighted by Gasteiger charge is 2.18. The SMILES string of the molecule is CCOC(=O)c1ccc(NC(=O)C[C@H]([NH2+]CCCOC)C(=O)[O-])cc1. The maximum Gasteiger partial charge on any atom is 0.338 e. The number of methoxy groups -OCH3 is 1. The van der Waals surface area contributed by atoms with Gasteiger partial charge in [0.2, 0.25) is 5.91 Å². The number of amides is 1. The lowest BCUT2D eigenvalue weighted by Gasteiger charge is -2.16. The van der Waals surface area contributed by atoms with Gasteiger partial charge in [-0.3, -0.25) is 4.79 Å². The van der Waals surface area contributed by atoms with Gasteiger partial charge >= 0.3 is 5.97 Å². The Hall–Kier alpha value is -2.45. The fourth-order valence-electron chi connectivity index (χ4n) is 2.13. The van der Waals surface area contributed by atoms with Gasteiger partial charge in [-0.1, -0.05) is 0 Å². The second-order valence-corrected chi connectivity index (χ2v) is 5.35. The molecule has 0 bridgehead atoms. The minimum absolute atomic E-state index is 0.213. The first-order valence-corrected chi connectivity index (χ1v) is 8.08. The predicted octanol–water partition coefficient (Wildman–Crippen LogP) is -1.09. The van der Waals surface area contributed by atoms with Crippen molar-refractivity contribution < 1.29 is 34.3 Å². The smallest absolute Gasteiger partial charge is 0.338 e. The first-order valence-electron chi connectivity index (χ1n) is 8.08. The fourth-order valence-corrected chi connectivity index (χ4v) is 2.13. The summed E-state index contributed by atoms with van der Waals surface area (Å²) in [5, 5.41) is 15.3. The van der Waals surface area contributed by atoms with Crippen molar-refractivity contribution in [3.05, 3.63) is 29.8 Å². The van der Waals surface area contributed by atoms with Crippen molar-refractivity contribution >= 4 is 23.5 Å². The number of carbonyl (C=O) groups is 3. The molecule has 1 rings (SSSR count). The third-order valence-corrected chi connectivity index (χ3v) is 3.39. The summed E-state index contributed by atoms with van der Waals surface area (Å²) in [7, 11) is 1.57. The molecular weight excluding hydrogens is 328 g/mol. The summed E-state index contributed by atoms with van der Waals surface area (Å²) in [4.78, 5) is 34.7. The van der Waals surface area contributed by atoms with Crippen LogP contribution in [0.4, 0.5) is 5.69 Å². The number of rotatable bonds is 11. The lowest BCUT2D eigenvalue weighted by atomic mass is 10.1. The van der Waals surface area contributed by atoms with Gasteiger partial charge in [-0.2, -0.15) is 0 Å². The van der Waals surface area contributed by atoms with Crippen molar-refractivity contribution in [1.29, 1.82) is 0 Å². The van der Waals surface area contributed by atoms with Crippen LogP contribution < -0.4 is 15.7 Å². The van der Waals surface area contributed by atoms with Crippen molar-refractivity contribution in [3.8, 4) is 0 Å². The van der Waals surface area contributed by atoms with Crippen molar-refractivity contribution in [3.63, 3.8) is 0 Å². The van der Waals surface area contributed by atoms with E-state index in [1.807, 2.05) is 0 Å². The summed E-state index contributed by atoms with van der Waals surface area (Å²) >= 11 is 0. The van der Waals surface area contributed by atoms with Crippen LogP contribution in [0.15, 0.2) is 24.3 Å². The number of carboxylic acid groups (broad SMARTS) is 1. The zero-order valence-corrected chi connectivity index (χ0v) is 14.4. The molecule has 0 radical (unpaired) electrons. The molecule has 1 atom stereocenters. The molecule has 1 amide bonds. The van der Waals surface area contributed by atoms with Gasteiger partial charge < -0.3 is 30.0 Å². The molecule has 0 aromatic heterocycles. The molecule has 0 spiro atoms. The van der Waals surface area contributed by atoms with Crippen LogP contribution >= 0.6 is 0 Å². The minimum atomic E-state index is -1.29. The normalized spacial score (nSPS) is 11.6. The molecule has 0 fully saturated rings. The molecule has 1 aromatic carbocycles. The average Bonchev–Trinajstić information content (AvgIpc) is 2.58. The number of nitrogens with one attached hydrogen (secondary N) is 1. The van der Waals surface area contributed by atoms with E-state index >= 15 is 0 Å². The number of anilines is 1. The Kier molecular flexibility index (Phi) is 9.20. The third kappa shape index (κ3) is 7.77. The molecule has 0 aliphatic rings. The second kappa shape index (κ2) is 11.2. The van der Waals surface area contributed by atoms with Crippen LogP contribution in [0.25, 0.3) is 0 Å². The number of ether oxygens (including phenoxy) is 2. The summed E-state index contributed by atoms with van der Waals surface area (Å²) in [6, 6.07) is 5.21. The number of aliphatic carboxylic acids is 1. The standard InChI is InChI=1S/C17H24N2O6/c1-3-25-17(23)12-5-7-13(8-6-12)19-15(20)11-14(16(21)22)18-9-4-10-24-2/h5-8,14,18H,3-4,9-11H2,1-2H3,(H,19,20)(H,21,22)/t14-/m0/s1. The van der Waals surface area contributed by atoms with E-state index in [2.05, 4.69) is 5.32 Å². The molecule has 0 unspecified atom stereocenters. The number of esters is 1. The highest BCUT2D eigenvalue weighted by Crippen LogP contribution is 2.11. The number of carboxylic acids is 1. The van der Waals surface area contributed by atoms with Crippen molar-refractivity contribution in [2.45, 2.75) is 25.8 Å². The molecule has 8 heteroatoms. The maximum atomic E-state index is 12.0. The predicted molar refractivity (Wildman–Crippen MR) is 87.7 cm³/mol. The Morgan fingerprint density at radius 1 is 1.24 bits per heavy atom.